The van der Waals surface area contributed by atoms with E-state index >= 15 is 0 Å². The number of nitrogens with zero attached hydrogens (tertiary/aromatic N) is 4. The molecule has 1 atom stereocenters. The molecule has 27 heavy (non-hydrogen) atoms. The van der Waals surface area contributed by atoms with E-state index in [0.29, 0.717) is 6.54 Å². The zero-order valence-corrected chi connectivity index (χ0v) is 17.9. The van der Waals surface area contributed by atoms with E-state index in [0.717, 1.165) is 30.2 Å². The monoisotopic (exact) mass is 383 g/mol. The fourth-order valence-electron chi connectivity index (χ4n) is 3.42. The van der Waals surface area contributed by atoms with E-state index in [-0.39, 0.29) is 12.1 Å². The summed E-state index contributed by atoms with van der Waals surface area (Å²) >= 11 is 0. The molecular weight excluding hydrogens is 354 g/mol. The number of carbonyl (C=O) groups excluding carboxylic acids is 1. The Kier molecular flexibility index (Phi) is 5.50. The molecule has 2 heterocycles. The molecule has 1 unspecified atom stereocenters. The number of aryl methyl sites for hydroxylation is 1. The second-order valence-electron chi connectivity index (χ2n) is 8.28. The summed E-state index contributed by atoms with van der Waals surface area (Å²) in [4.78, 5) is 25.3. The van der Waals surface area contributed by atoms with E-state index in [1.807, 2.05) is 30.2 Å². The van der Waals surface area contributed by atoms with Crippen LogP contribution in [0.4, 0.5) is 16.3 Å². The maximum Gasteiger partial charge on any atom is 0.322 e. The van der Waals surface area contributed by atoms with Crippen LogP contribution in [-0.4, -0.2) is 54.6 Å². The summed E-state index contributed by atoms with van der Waals surface area (Å²) in [5.41, 5.74) is 1.91. The van der Waals surface area contributed by atoms with Crippen molar-refractivity contribution in [2.24, 2.45) is 0 Å². The van der Waals surface area contributed by atoms with Crippen LogP contribution in [0.1, 0.15) is 12.5 Å². The van der Waals surface area contributed by atoms with Crippen molar-refractivity contribution < 1.29 is 4.79 Å². The van der Waals surface area contributed by atoms with Crippen LogP contribution >= 0.6 is 0 Å². The molecular formula is C20H29N5OSi. The van der Waals surface area contributed by atoms with Crippen LogP contribution in [0.5, 0.6) is 0 Å². The number of hydrogen-bond donors (Lipinski definition) is 1. The third-order valence-electron chi connectivity index (χ3n) is 5.06. The number of benzene rings is 1. The lowest BCUT2D eigenvalue weighted by molar-refractivity contribution is 0.184. The molecule has 1 aliphatic rings. The molecule has 3 rings (SSSR count). The number of amides is 2. The highest BCUT2D eigenvalue weighted by atomic mass is 28.3. The predicted molar refractivity (Wildman–Crippen MR) is 114 cm³/mol. The molecule has 2 amide bonds. The summed E-state index contributed by atoms with van der Waals surface area (Å²) in [6.07, 6.45) is 3.41. The second kappa shape index (κ2) is 7.68. The maximum atomic E-state index is 12.7. The van der Waals surface area contributed by atoms with Gasteiger partial charge in [-0.15, -0.1) is 0 Å². The van der Waals surface area contributed by atoms with Crippen LogP contribution in [0.2, 0.25) is 19.6 Å². The largest absolute Gasteiger partial charge is 0.352 e. The standard InChI is InChI=1S/C20H29N5OSi/c1-15-12-21-14-22-19(15)24-10-11-25(16(2)13-24)20(26)23-17-6-8-18(9-7-17)27(3,4)5/h6-9,12,14,16H,10-11,13H2,1-5H3,(H,23,26). The smallest absolute Gasteiger partial charge is 0.322 e. The Bertz CT molecular complexity index is 803. The maximum absolute atomic E-state index is 12.7. The summed E-state index contributed by atoms with van der Waals surface area (Å²) in [7, 11) is -1.32. The minimum absolute atomic E-state index is 0.0395. The van der Waals surface area contributed by atoms with Gasteiger partial charge in [-0.1, -0.05) is 37.0 Å². The molecule has 1 fully saturated rings. The van der Waals surface area contributed by atoms with Gasteiger partial charge in [-0.2, -0.15) is 0 Å². The Labute approximate surface area is 162 Å². The molecule has 6 nitrogen and oxygen atoms in total. The molecule has 1 aliphatic heterocycles. The molecule has 0 bridgehead atoms. The van der Waals surface area contributed by atoms with Crippen molar-refractivity contribution >= 4 is 30.8 Å². The van der Waals surface area contributed by atoms with Gasteiger partial charge in [-0.05, 0) is 26.0 Å². The van der Waals surface area contributed by atoms with Gasteiger partial charge in [0.05, 0.1) is 8.07 Å². The van der Waals surface area contributed by atoms with Gasteiger partial charge in [0.2, 0.25) is 0 Å². The van der Waals surface area contributed by atoms with Crippen LogP contribution in [0.15, 0.2) is 36.8 Å². The number of nitrogens with one attached hydrogen (secondary N) is 1. The van der Waals surface area contributed by atoms with E-state index < -0.39 is 8.07 Å². The molecule has 0 aliphatic carbocycles. The molecule has 144 valence electrons. The van der Waals surface area contributed by atoms with E-state index in [9.17, 15) is 4.79 Å². The molecule has 1 aromatic heterocycles. The number of carbonyl (C=O) groups is 1. The first kappa shape index (κ1) is 19.4. The fourth-order valence-corrected chi connectivity index (χ4v) is 4.59. The van der Waals surface area contributed by atoms with E-state index in [1.165, 1.54) is 5.19 Å². The minimum Gasteiger partial charge on any atom is -0.352 e. The number of piperazine rings is 1. The average Bonchev–Trinajstić information content (AvgIpc) is 2.61. The summed E-state index contributed by atoms with van der Waals surface area (Å²) in [5, 5.41) is 4.44. The zero-order valence-electron chi connectivity index (χ0n) is 16.9. The van der Waals surface area contributed by atoms with Gasteiger partial charge < -0.3 is 15.1 Å². The van der Waals surface area contributed by atoms with Crippen molar-refractivity contribution in [3.8, 4) is 0 Å². The molecule has 2 aromatic rings. The topological polar surface area (TPSA) is 61.4 Å². The molecule has 0 radical (unpaired) electrons. The predicted octanol–water partition coefficient (Wildman–Crippen LogP) is 3.07. The minimum atomic E-state index is -1.32. The first-order chi connectivity index (χ1) is 12.8. The molecule has 1 saturated heterocycles. The van der Waals surface area contributed by atoms with Crippen molar-refractivity contribution in [2.45, 2.75) is 39.5 Å². The Balaban J connectivity index is 1.62. The lowest BCUT2D eigenvalue weighted by Crippen LogP contribution is -2.55. The quantitative estimate of drug-likeness (QED) is 0.828. The summed E-state index contributed by atoms with van der Waals surface area (Å²) in [6.45, 7) is 13.3. The first-order valence-electron chi connectivity index (χ1n) is 9.45. The number of aromatic nitrogens is 2. The van der Waals surface area contributed by atoms with Crippen LogP contribution in [0.25, 0.3) is 0 Å². The zero-order chi connectivity index (χ0) is 19.6. The van der Waals surface area contributed by atoms with Gasteiger partial charge >= 0.3 is 6.03 Å². The van der Waals surface area contributed by atoms with Crippen LogP contribution < -0.4 is 15.4 Å². The summed E-state index contributed by atoms with van der Waals surface area (Å²) < 4.78 is 0. The van der Waals surface area contributed by atoms with Crippen LogP contribution in [-0.2, 0) is 0 Å². The van der Waals surface area contributed by atoms with Gasteiger partial charge in [0.25, 0.3) is 0 Å². The normalized spacial score (nSPS) is 17.7. The fraction of sp³-hybridized carbons (Fsp3) is 0.450. The molecule has 1 N–H and O–H groups in total. The lowest BCUT2D eigenvalue weighted by Gasteiger charge is -2.40. The highest BCUT2D eigenvalue weighted by Gasteiger charge is 2.28. The Morgan fingerprint density at radius 1 is 1.19 bits per heavy atom. The van der Waals surface area contributed by atoms with E-state index in [1.54, 1.807) is 6.33 Å². The van der Waals surface area contributed by atoms with Crippen molar-refractivity contribution in [2.75, 3.05) is 29.9 Å². The molecule has 7 heteroatoms. The molecule has 1 aromatic carbocycles. The van der Waals surface area contributed by atoms with Gasteiger partial charge in [0, 0.05) is 43.1 Å². The molecule has 0 saturated carbocycles. The van der Waals surface area contributed by atoms with Gasteiger partial charge in [0.15, 0.2) is 0 Å². The third kappa shape index (κ3) is 4.47. The van der Waals surface area contributed by atoms with Crippen LogP contribution in [0.3, 0.4) is 0 Å². The number of rotatable bonds is 3. The van der Waals surface area contributed by atoms with Gasteiger partial charge in [0.1, 0.15) is 12.1 Å². The summed E-state index contributed by atoms with van der Waals surface area (Å²) in [5.74, 6) is 0.957. The van der Waals surface area contributed by atoms with Gasteiger partial charge in [-0.3, -0.25) is 0 Å². The van der Waals surface area contributed by atoms with Crippen molar-refractivity contribution in [1.82, 2.24) is 14.9 Å². The Morgan fingerprint density at radius 3 is 2.48 bits per heavy atom. The number of anilines is 2. The van der Waals surface area contributed by atoms with Crippen molar-refractivity contribution in [1.29, 1.82) is 0 Å². The first-order valence-corrected chi connectivity index (χ1v) is 13.0. The highest BCUT2D eigenvalue weighted by Crippen LogP contribution is 2.20. The van der Waals surface area contributed by atoms with Gasteiger partial charge in [-0.25, -0.2) is 14.8 Å². The number of urea groups is 1. The Morgan fingerprint density at radius 2 is 1.89 bits per heavy atom. The SMILES string of the molecule is Cc1cncnc1N1CCN(C(=O)Nc2ccc([Si](C)(C)C)cc2)C(C)C1. The van der Waals surface area contributed by atoms with Crippen LogP contribution in [0, 0.1) is 6.92 Å². The van der Waals surface area contributed by atoms with E-state index in [4.69, 9.17) is 0 Å². The van der Waals surface area contributed by atoms with Crippen molar-refractivity contribution in [3.05, 3.63) is 42.4 Å². The summed E-state index contributed by atoms with van der Waals surface area (Å²) in [6, 6.07) is 8.37. The lowest BCUT2D eigenvalue weighted by atomic mass is 10.2. The highest BCUT2D eigenvalue weighted by molar-refractivity contribution is 6.88. The second-order valence-corrected chi connectivity index (χ2v) is 13.4. The average molecular weight is 384 g/mol. The Hall–Kier alpha value is -2.41. The van der Waals surface area contributed by atoms with Crippen molar-refractivity contribution in [3.63, 3.8) is 0 Å². The number of hydrogen-bond acceptors (Lipinski definition) is 4. The molecule has 0 spiro atoms. The van der Waals surface area contributed by atoms with E-state index in [2.05, 4.69) is 58.9 Å². The third-order valence-corrected chi connectivity index (χ3v) is 7.12.